The minimum atomic E-state index is -4.59. The quantitative estimate of drug-likeness (QED) is 0.0273. The number of allylic oxidation sites excluding steroid dienone is 7. The number of nitrogens with one attached hydrogen (secondary N) is 1. The average molecular weight is 893 g/mol. The Balaban J connectivity index is 3.98. The van der Waals surface area contributed by atoms with Crippen LogP contribution in [-0.2, 0) is 18.4 Å². The molecular formula is C53H101N2O6P. The molecule has 0 aliphatic rings. The van der Waals surface area contributed by atoms with Crippen molar-refractivity contribution in [2.45, 2.75) is 244 Å². The summed E-state index contributed by atoms with van der Waals surface area (Å²) in [4.78, 5) is 25.3. The van der Waals surface area contributed by atoms with Crippen LogP contribution in [0.2, 0.25) is 0 Å². The Morgan fingerprint density at radius 2 is 0.952 bits per heavy atom. The van der Waals surface area contributed by atoms with E-state index in [4.69, 9.17) is 9.05 Å². The van der Waals surface area contributed by atoms with Crippen LogP contribution in [-0.4, -0.2) is 68.5 Å². The molecule has 0 aromatic rings. The standard InChI is InChI=1S/C53H101N2O6P/c1-6-8-10-12-14-16-17-18-19-20-21-22-23-24-25-26-27-28-29-30-31-32-33-34-35-36-37-39-41-43-45-47-53(57)54-51(50-61-62(58,59)60-49-48-55(3,4)5)52(56)46-44-42-40-38-15-13-11-9-7-2/h15,17-18,20-21,38,44,46,51-52,56H,6-14,16,19,22-37,39-43,45,47-50H2,1-5H3,(H-,54,57,58,59)/b18-17-,21-20-,38-15+,46-44+. The molecule has 0 spiro atoms. The summed E-state index contributed by atoms with van der Waals surface area (Å²) >= 11 is 0. The Labute approximate surface area is 384 Å². The van der Waals surface area contributed by atoms with Crippen molar-refractivity contribution < 1.29 is 32.9 Å². The largest absolute Gasteiger partial charge is 0.756 e. The van der Waals surface area contributed by atoms with Gasteiger partial charge in [-0.2, -0.15) is 0 Å². The first-order valence-corrected chi connectivity index (χ1v) is 27.5. The van der Waals surface area contributed by atoms with E-state index in [1.165, 1.54) is 167 Å². The summed E-state index contributed by atoms with van der Waals surface area (Å²) in [6.45, 7) is 4.56. The molecular weight excluding hydrogens is 792 g/mol. The van der Waals surface area contributed by atoms with Crippen LogP contribution in [0.5, 0.6) is 0 Å². The fraction of sp³-hybridized carbons (Fsp3) is 0.830. The number of hydrogen-bond donors (Lipinski definition) is 2. The summed E-state index contributed by atoms with van der Waals surface area (Å²) in [6, 6.07) is -0.900. The van der Waals surface area contributed by atoms with Gasteiger partial charge in [0.1, 0.15) is 13.2 Å². The highest BCUT2D eigenvalue weighted by atomic mass is 31.2. The Morgan fingerprint density at radius 1 is 0.565 bits per heavy atom. The number of amides is 1. The number of unbranched alkanes of at least 4 members (excludes halogenated alkanes) is 28. The molecule has 0 aromatic carbocycles. The highest BCUT2D eigenvalue weighted by Crippen LogP contribution is 2.38. The van der Waals surface area contributed by atoms with Gasteiger partial charge >= 0.3 is 0 Å². The number of aliphatic hydroxyl groups excluding tert-OH is 1. The third-order valence-electron chi connectivity index (χ3n) is 11.5. The van der Waals surface area contributed by atoms with Crippen LogP contribution < -0.4 is 10.2 Å². The number of quaternary nitrogens is 1. The van der Waals surface area contributed by atoms with Gasteiger partial charge in [-0.25, -0.2) is 0 Å². The number of aliphatic hydroxyl groups is 1. The predicted octanol–water partition coefficient (Wildman–Crippen LogP) is 14.6. The summed E-state index contributed by atoms with van der Waals surface area (Å²) in [5, 5.41) is 13.7. The summed E-state index contributed by atoms with van der Waals surface area (Å²) in [6.07, 6.45) is 57.8. The fourth-order valence-corrected chi connectivity index (χ4v) is 8.10. The SMILES string of the molecule is CCCCC/C=C/CC/C=C/C(O)C(COP(=O)([O-])OCC[N+](C)(C)C)NC(=O)CCCCCCCCCCCCCCCCCCCCC/C=C\C/C=C\CCCCCCC. The predicted molar refractivity (Wildman–Crippen MR) is 265 cm³/mol. The number of phosphoric acid groups is 1. The van der Waals surface area contributed by atoms with Crippen LogP contribution in [0, 0.1) is 0 Å². The lowest BCUT2D eigenvalue weighted by molar-refractivity contribution is -0.870. The summed E-state index contributed by atoms with van der Waals surface area (Å²) in [5.41, 5.74) is 0. The Hall–Kier alpha value is -1.54. The maximum absolute atomic E-state index is 12.9. The van der Waals surface area contributed by atoms with Crippen molar-refractivity contribution in [3.05, 3.63) is 48.6 Å². The third-order valence-corrected chi connectivity index (χ3v) is 12.5. The van der Waals surface area contributed by atoms with E-state index in [2.05, 4.69) is 55.6 Å². The van der Waals surface area contributed by atoms with E-state index in [0.29, 0.717) is 17.4 Å². The van der Waals surface area contributed by atoms with Crippen molar-refractivity contribution in [2.24, 2.45) is 0 Å². The lowest BCUT2D eigenvalue weighted by Gasteiger charge is -2.29. The number of likely N-dealkylation sites (N-methyl/N-ethyl adjacent to an activating group) is 1. The summed E-state index contributed by atoms with van der Waals surface area (Å²) in [5.74, 6) is -0.209. The number of rotatable bonds is 47. The second-order valence-electron chi connectivity index (χ2n) is 18.9. The Morgan fingerprint density at radius 3 is 1.44 bits per heavy atom. The number of hydrogen-bond acceptors (Lipinski definition) is 6. The van der Waals surface area contributed by atoms with E-state index >= 15 is 0 Å². The van der Waals surface area contributed by atoms with Gasteiger partial charge < -0.3 is 28.8 Å². The molecule has 9 heteroatoms. The van der Waals surface area contributed by atoms with Crippen molar-refractivity contribution >= 4 is 13.7 Å². The van der Waals surface area contributed by atoms with Gasteiger partial charge in [0.25, 0.3) is 7.82 Å². The molecule has 2 N–H and O–H groups in total. The van der Waals surface area contributed by atoms with E-state index in [0.717, 1.165) is 44.9 Å². The van der Waals surface area contributed by atoms with E-state index in [1.807, 2.05) is 27.2 Å². The Kier molecular flexibility index (Phi) is 43.5. The second kappa shape index (κ2) is 44.7. The molecule has 0 saturated heterocycles. The van der Waals surface area contributed by atoms with Crippen molar-refractivity contribution in [1.82, 2.24) is 5.32 Å². The van der Waals surface area contributed by atoms with Crippen molar-refractivity contribution in [1.29, 1.82) is 0 Å². The maximum atomic E-state index is 12.9. The molecule has 0 aromatic heterocycles. The average Bonchev–Trinajstić information content (AvgIpc) is 3.23. The number of phosphoric ester groups is 1. The molecule has 0 bridgehead atoms. The van der Waals surface area contributed by atoms with Gasteiger partial charge in [0.2, 0.25) is 5.91 Å². The number of carbonyl (C=O) groups is 1. The molecule has 3 atom stereocenters. The zero-order chi connectivity index (χ0) is 45.7. The second-order valence-corrected chi connectivity index (χ2v) is 20.3. The molecule has 0 heterocycles. The molecule has 364 valence electrons. The summed E-state index contributed by atoms with van der Waals surface area (Å²) in [7, 11) is 1.24. The normalized spacial score (nSPS) is 14.5. The molecule has 1 amide bonds. The molecule has 0 radical (unpaired) electrons. The molecule has 3 unspecified atom stereocenters. The zero-order valence-electron chi connectivity index (χ0n) is 41.3. The van der Waals surface area contributed by atoms with Crippen LogP contribution >= 0.6 is 7.82 Å². The lowest BCUT2D eigenvalue weighted by Crippen LogP contribution is -2.45. The highest BCUT2D eigenvalue weighted by molar-refractivity contribution is 7.45. The van der Waals surface area contributed by atoms with Crippen LogP contribution in [0.15, 0.2) is 48.6 Å². The summed E-state index contributed by atoms with van der Waals surface area (Å²) < 4.78 is 23.1. The molecule has 8 nitrogen and oxygen atoms in total. The van der Waals surface area contributed by atoms with Gasteiger partial charge in [-0.3, -0.25) is 9.36 Å². The number of carbonyl (C=O) groups excluding carboxylic acids is 1. The van der Waals surface area contributed by atoms with Crippen molar-refractivity contribution in [2.75, 3.05) is 40.9 Å². The van der Waals surface area contributed by atoms with Crippen LogP contribution in [0.3, 0.4) is 0 Å². The molecule has 0 rings (SSSR count). The third kappa shape index (κ3) is 46.5. The van der Waals surface area contributed by atoms with Gasteiger partial charge in [-0.15, -0.1) is 0 Å². The van der Waals surface area contributed by atoms with E-state index in [9.17, 15) is 19.4 Å². The minimum absolute atomic E-state index is 0.00651. The monoisotopic (exact) mass is 893 g/mol. The highest BCUT2D eigenvalue weighted by Gasteiger charge is 2.23. The van der Waals surface area contributed by atoms with Gasteiger partial charge in [0.05, 0.1) is 39.9 Å². The minimum Gasteiger partial charge on any atom is -0.756 e. The van der Waals surface area contributed by atoms with Gasteiger partial charge in [-0.1, -0.05) is 210 Å². The van der Waals surface area contributed by atoms with Crippen LogP contribution in [0.1, 0.15) is 232 Å². The van der Waals surface area contributed by atoms with Gasteiger partial charge in [0.15, 0.2) is 0 Å². The zero-order valence-corrected chi connectivity index (χ0v) is 42.2. The first-order chi connectivity index (χ1) is 30.0. The smallest absolute Gasteiger partial charge is 0.268 e. The first-order valence-electron chi connectivity index (χ1n) is 26.0. The van der Waals surface area contributed by atoms with Crippen LogP contribution in [0.4, 0.5) is 0 Å². The molecule has 0 fully saturated rings. The fourth-order valence-electron chi connectivity index (χ4n) is 7.38. The Bertz CT molecular complexity index is 1150. The lowest BCUT2D eigenvalue weighted by atomic mass is 10.0. The molecule has 62 heavy (non-hydrogen) atoms. The van der Waals surface area contributed by atoms with E-state index < -0.39 is 26.6 Å². The van der Waals surface area contributed by atoms with Crippen molar-refractivity contribution in [3.8, 4) is 0 Å². The van der Waals surface area contributed by atoms with Crippen LogP contribution in [0.25, 0.3) is 0 Å². The first kappa shape index (κ1) is 60.5. The molecule has 0 aliphatic heterocycles. The van der Waals surface area contributed by atoms with E-state index in [1.54, 1.807) is 6.08 Å². The molecule has 0 saturated carbocycles. The van der Waals surface area contributed by atoms with Gasteiger partial charge in [-0.05, 0) is 64.2 Å². The maximum Gasteiger partial charge on any atom is 0.268 e. The van der Waals surface area contributed by atoms with E-state index in [-0.39, 0.29) is 12.5 Å². The van der Waals surface area contributed by atoms with Crippen molar-refractivity contribution in [3.63, 3.8) is 0 Å². The number of nitrogens with zero attached hydrogens (tertiary/aromatic N) is 1. The van der Waals surface area contributed by atoms with Gasteiger partial charge in [0, 0.05) is 6.42 Å². The molecule has 0 aliphatic carbocycles. The topological polar surface area (TPSA) is 108 Å².